The van der Waals surface area contributed by atoms with Gasteiger partial charge in [0.25, 0.3) is 0 Å². The third kappa shape index (κ3) is 5.72. The fourth-order valence-corrected chi connectivity index (χ4v) is 3.23. The lowest BCUT2D eigenvalue weighted by Gasteiger charge is -2.10. The highest BCUT2D eigenvalue weighted by molar-refractivity contribution is 7.89. The highest BCUT2D eigenvalue weighted by Gasteiger charge is 2.31. The van der Waals surface area contributed by atoms with Crippen molar-refractivity contribution in [1.82, 2.24) is 10.0 Å². The zero-order chi connectivity index (χ0) is 19.4. The number of hydrogen-bond donors (Lipinski definition) is 2. The van der Waals surface area contributed by atoms with Crippen LogP contribution in [0.25, 0.3) is 0 Å². The first-order valence-electron chi connectivity index (χ1n) is 7.26. The topological polar surface area (TPSA) is 75.3 Å². The molecule has 0 aromatic heterocycles. The fraction of sp³-hybridized carbons (Fsp3) is 0.188. The van der Waals surface area contributed by atoms with Gasteiger partial charge in [-0.1, -0.05) is 29.8 Å². The first-order valence-corrected chi connectivity index (χ1v) is 9.12. The monoisotopic (exact) mass is 406 g/mol. The minimum absolute atomic E-state index is 0.130. The Labute approximate surface area is 153 Å². The predicted octanol–water partition coefficient (Wildman–Crippen LogP) is 2.95. The smallest absolute Gasteiger partial charge is 0.351 e. The molecular weight excluding hydrogens is 393 g/mol. The SMILES string of the molecule is O=C(CNS(=O)(=O)c1cccc(C(F)(F)F)c1)NCc1cccc(Cl)c1. The second-order valence-corrected chi connectivity index (χ2v) is 7.46. The molecule has 0 fully saturated rings. The number of nitrogens with one attached hydrogen (secondary N) is 2. The third-order valence-corrected chi connectivity index (χ3v) is 4.91. The molecule has 5 nitrogen and oxygen atoms in total. The molecule has 0 radical (unpaired) electrons. The Morgan fingerprint density at radius 1 is 1.08 bits per heavy atom. The lowest BCUT2D eigenvalue weighted by molar-refractivity contribution is -0.137. The van der Waals surface area contributed by atoms with Crippen LogP contribution in [-0.4, -0.2) is 20.9 Å². The number of sulfonamides is 1. The number of carbonyl (C=O) groups excluding carboxylic acids is 1. The van der Waals surface area contributed by atoms with Crippen molar-refractivity contribution < 1.29 is 26.4 Å². The number of halogens is 4. The Hall–Kier alpha value is -2.10. The van der Waals surface area contributed by atoms with E-state index >= 15 is 0 Å². The summed E-state index contributed by atoms with van der Waals surface area (Å²) in [5, 5.41) is 2.97. The first kappa shape index (κ1) is 20.2. The van der Waals surface area contributed by atoms with Crippen molar-refractivity contribution in [2.24, 2.45) is 0 Å². The summed E-state index contributed by atoms with van der Waals surface area (Å²) < 4.78 is 64.1. The molecule has 10 heteroatoms. The summed E-state index contributed by atoms with van der Waals surface area (Å²) in [6.07, 6.45) is -4.67. The van der Waals surface area contributed by atoms with Crippen LogP contribution in [-0.2, 0) is 27.5 Å². The van der Waals surface area contributed by atoms with E-state index in [1.807, 2.05) is 4.72 Å². The maximum Gasteiger partial charge on any atom is 0.416 e. The Morgan fingerprint density at radius 2 is 1.77 bits per heavy atom. The van der Waals surface area contributed by atoms with Crippen molar-refractivity contribution in [1.29, 1.82) is 0 Å². The largest absolute Gasteiger partial charge is 0.416 e. The number of carbonyl (C=O) groups is 1. The molecular formula is C16H14ClF3N2O3S. The summed E-state index contributed by atoms with van der Waals surface area (Å²) in [7, 11) is -4.26. The highest BCUT2D eigenvalue weighted by Crippen LogP contribution is 2.30. The van der Waals surface area contributed by atoms with Gasteiger partial charge >= 0.3 is 6.18 Å². The molecule has 0 bridgehead atoms. The summed E-state index contributed by atoms with van der Waals surface area (Å²) >= 11 is 5.81. The molecule has 0 unspecified atom stereocenters. The van der Waals surface area contributed by atoms with Gasteiger partial charge in [-0.3, -0.25) is 4.79 Å². The van der Waals surface area contributed by atoms with Crippen LogP contribution in [0.2, 0.25) is 5.02 Å². The number of rotatable bonds is 6. The molecule has 2 N–H and O–H groups in total. The summed E-state index contributed by atoms with van der Waals surface area (Å²) in [5.41, 5.74) is -0.377. The molecule has 2 aromatic rings. The Morgan fingerprint density at radius 3 is 2.42 bits per heavy atom. The van der Waals surface area contributed by atoms with Crippen LogP contribution in [0.15, 0.2) is 53.4 Å². The van der Waals surface area contributed by atoms with Crippen LogP contribution in [0.4, 0.5) is 13.2 Å². The van der Waals surface area contributed by atoms with Gasteiger partial charge in [0.2, 0.25) is 15.9 Å². The van der Waals surface area contributed by atoms with Gasteiger partial charge < -0.3 is 5.32 Å². The Balaban J connectivity index is 1.96. The van der Waals surface area contributed by atoms with Crippen molar-refractivity contribution in [3.05, 3.63) is 64.7 Å². The van der Waals surface area contributed by atoms with Gasteiger partial charge in [0, 0.05) is 11.6 Å². The van der Waals surface area contributed by atoms with Gasteiger partial charge in [-0.05, 0) is 35.9 Å². The number of hydrogen-bond acceptors (Lipinski definition) is 3. The van der Waals surface area contributed by atoms with E-state index in [9.17, 15) is 26.4 Å². The van der Waals surface area contributed by atoms with Crippen molar-refractivity contribution in [2.45, 2.75) is 17.6 Å². The van der Waals surface area contributed by atoms with E-state index in [0.29, 0.717) is 16.7 Å². The van der Waals surface area contributed by atoms with E-state index in [0.717, 1.165) is 18.2 Å². The molecule has 0 saturated heterocycles. The van der Waals surface area contributed by atoms with E-state index in [1.165, 1.54) is 0 Å². The van der Waals surface area contributed by atoms with Gasteiger partial charge in [0.1, 0.15) is 0 Å². The van der Waals surface area contributed by atoms with Crippen molar-refractivity contribution in [3.63, 3.8) is 0 Å². The van der Waals surface area contributed by atoms with Crippen LogP contribution in [0.3, 0.4) is 0 Å². The molecule has 0 aliphatic rings. The average molecular weight is 407 g/mol. The molecule has 140 valence electrons. The minimum atomic E-state index is -4.67. The summed E-state index contributed by atoms with van der Waals surface area (Å²) in [6.45, 7) is -0.482. The maximum absolute atomic E-state index is 12.7. The molecule has 0 heterocycles. The summed E-state index contributed by atoms with van der Waals surface area (Å²) in [5.74, 6) is -0.638. The molecule has 26 heavy (non-hydrogen) atoms. The van der Waals surface area contributed by atoms with Crippen LogP contribution in [0.5, 0.6) is 0 Å². The zero-order valence-corrected chi connectivity index (χ0v) is 14.8. The van der Waals surface area contributed by atoms with Gasteiger partial charge in [0.05, 0.1) is 17.0 Å². The predicted molar refractivity (Wildman–Crippen MR) is 89.9 cm³/mol. The molecule has 0 spiro atoms. The van der Waals surface area contributed by atoms with E-state index in [4.69, 9.17) is 11.6 Å². The average Bonchev–Trinajstić information content (AvgIpc) is 2.58. The zero-order valence-electron chi connectivity index (χ0n) is 13.2. The Bertz CT molecular complexity index is 902. The van der Waals surface area contributed by atoms with E-state index in [-0.39, 0.29) is 6.54 Å². The van der Waals surface area contributed by atoms with Crippen LogP contribution < -0.4 is 10.0 Å². The summed E-state index contributed by atoms with van der Waals surface area (Å²) in [6, 6.07) is 9.98. The molecule has 0 aliphatic heterocycles. The van der Waals surface area contributed by atoms with Crippen molar-refractivity contribution >= 4 is 27.5 Å². The molecule has 2 rings (SSSR count). The number of benzene rings is 2. The second-order valence-electron chi connectivity index (χ2n) is 5.26. The van der Waals surface area contributed by atoms with E-state index in [2.05, 4.69) is 5.32 Å². The van der Waals surface area contributed by atoms with E-state index in [1.54, 1.807) is 24.3 Å². The Kier molecular flexibility index (Phi) is 6.27. The van der Waals surface area contributed by atoms with Gasteiger partial charge in [0.15, 0.2) is 0 Å². The quantitative estimate of drug-likeness (QED) is 0.774. The lowest BCUT2D eigenvalue weighted by Crippen LogP contribution is -2.36. The van der Waals surface area contributed by atoms with Gasteiger partial charge in [-0.25, -0.2) is 13.1 Å². The van der Waals surface area contributed by atoms with Crippen molar-refractivity contribution in [2.75, 3.05) is 6.54 Å². The molecule has 2 aromatic carbocycles. The molecule has 1 amide bonds. The maximum atomic E-state index is 12.7. The van der Waals surface area contributed by atoms with Crippen LogP contribution in [0, 0.1) is 0 Å². The van der Waals surface area contributed by atoms with Crippen LogP contribution >= 0.6 is 11.6 Å². The van der Waals surface area contributed by atoms with Crippen molar-refractivity contribution in [3.8, 4) is 0 Å². The molecule has 0 saturated carbocycles. The van der Waals surface area contributed by atoms with Crippen LogP contribution in [0.1, 0.15) is 11.1 Å². The number of alkyl halides is 3. The van der Waals surface area contributed by atoms with Gasteiger partial charge in [-0.15, -0.1) is 0 Å². The normalized spacial score (nSPS) is 12.0. The summed E-state index contributed by atoms with van der Waals surface area (Å²) in [4.78, 5) is 11.2. The lowest BCUT2D eigenvalue weighted by atomic mass is 10.2. The van der Waals surface area contributed by atoms with Gasteiger partial charge in [-0.2, -0.15) is 13.2 Å². The first-order chi connectivity index (χ1) is 12.1. The minimum Gasteiger partial charge on any atom is -0.351 e. The standard InChI is InChI=1S/C16H14ClF3N2O3S/c17-13-5-1-3-11(7-13)9-21-15(23)10-22-26(24,25)14-6-2-4-12(8-14)16(18,19)20/h1-8,22H,9-10H2,(H,21,23). The highest BCUT2D eigenvalue weighted by atomic mass is 35.5. The second kappa shape index (κ2) is 8.07. The third-order valence-electron chi connectivity index (χ3n) is 3.27. The molecule has 0 aliphatic carbocycles. The number of amides is 1. The van der Waals surface area contributed by atoms with E-state index < -0.39 is 39.1 Å². The fourth-order valence-electron chi connectivity index (χ4n) is 1.99. The molecule has 0 atom stereocenters.